The van der Waals surface area contributed by atoms with Gasteiger partial charge >= 0.3 is 6.18 Å². The number of alkyl halides is 3. The van der Waals surface area contributed by atoms with Gasteiger partial charge in [0.25, 0.3) is 11.1 Å². The van der Waals surface area contributed by atoms with Crippen molar-refractivity contribution in [3.05, 3.63) is 69.2 Å². The molecule has 0 unspecified atom stereocenters. The lowest BCUT2D eigenvalue weighted by molar-refractivity contribution is -0.138. The first-order valence-electron chi connectivity index (χ1n) is 11.1. The number of carbonyl (C=O) groups is 2. The highest BCUT2D eigenvalue weighted by molar-refractivity contribution is 8.18. The zero-order chi connectivity index (χ0) is 25.9. The maximum absolute atomic E-state index is 13.5. The second-order valence-electron chi connectivity index (χ2n) is 8.08. The van der Waals surface area contributed by atoms with Gasteiger partial charge in [0.2, 0.25) is 0 Å². The molecule has 0 saturated carbocycles. The molecule has 36 heavy (non-hydrogen) atoms. The van der Waals surface area contributed by atoms with Crippen LogP contribution in [-0.2, 0) is 17.5 Å². The predicted molar refractivity (Wildman–Crippen MR) is 133 cm³/mol. The zero-order valence-corrected chi connectivity index (χ0v) is 20.5. The molecule has 7 nitrogen and oxygen atoms in total. The van der Waals surface area contributed by atoms with E-state index in [-0.39, 0.29) is 46.3 Å². The number of benzene rings is 2. The van der Waals surface area contributed by atoms with Crippen LogP contribution in [0.2, 0.25) is 5.02 Å². The topological polar surface area (TPSA) is 87.5 Å². The Labute approximate surface area is 213 Å². The third kappa shape index (κ3) is 5.92. The first-order valence-corrected chi connectivity index (χ1v) is 12.2. The summed E-state index contributed by atoms with van der Waals surface area (Å²) >= 11 is 6.62. The van der Waals surface area contributed by atoms with E-state index in [0.717, 1.165) is 17.8 Å². The minimum absolute atomic E-state index is 0.00316. The third-order valence-corrected chi connectivity index (χ3v) is 6.70. The number of fused-ring (bicyclic) bond motifs is 1. The highest BCUT2D eigenvalue weighted by Gasteiger charge is 2.35. The van der Waals surface area contributed by atoms with Crippen LogP contribution in [0.25, 0.3) is 17.0 Å². The molecule has 0 atom stereocenters. The fourth-order valence-corrected chi connectivity index (χ4v) is 4.83. The minimum atomic E-state index is -4.55. The molecule has 3 aromatic rings. The van der Waals surface area contributed by atoms with Gasteiger partial charge in [0.15, 0.2) is 0 Å². The molecule has 2 N–H and O–H groups in total. The summed E-state index contributed by atoms with van der Waals surface area (Å²) in [5, 5.41) is 16.4. The van der Waals surface area contributed by atoms with Crippen molar-refractivity contribution in [2.24, 2.45) is 0 Å². The Morgan fingerprint density at radius 1 is 1.14 bits per heavy atom. The zero-order valence-electron chi connectivity index (χ0n) is 18.9. The highest BCUT2D eigenvalue weighted by Crippen LogP contribution is 2.35. The summed E-state index contributed by atoms with van der Waals surface area (Å²) in [6, 6.07) is 8.85. The molecular weight excluding hydrogens is 517 g/mol. The van der Waals surface area contributed by atoms with Crippen LogP contribution in [0.15, 0.2) is 47.5 Å². The standard InChI is InChI=1S/C24H22ClF3N4O3S/c25-18-4-3-16(19(12-18)24(26,27)28)14-32-20-5-2-15(10-17(20)13-30-32)11-21-22(34)31(23(35)36-21)8-7-29-6-1-9-33/h2-5,10-13,29,33H,1,6-9,14H2/b21-11-. The van der Waals surface area contributed by atoms with E-state index in [2.05, 4.69) is 10.4 Å². The van der Waals surface area contributed by atoms with Gasteiger partial charge in [0, 0.05) is 30.1 Å². The summed E-state index contributed by atoms with van der Waals surface area (Å²) in [4.78, 5) is 26.4. The monoisotopic (exact) mass is 538 g/mol. The Morgan fingerprint density at radius 2 is 1.94 bits per heavy atom. The molecule has 4 rings (SSSR count). The molecule has 1 saturated heterocycles. The maximum atomic E-state index is 13.5. The molecule has 2 amide bonds. The third-order valence-electron chi connectivity index (χ3n) is 5.56. The van der Waals surface area contributed by atoms with Crippen molar-refractivity contribution in [3.63, 3.8) is 0 Å². The second kappa shape index (κ2) is 11.0. The SMILES string of the molecule is O=C1S/C(=C\c2ccc3c(cnn3Cc3ccc(Cl)cc3C(F)(F)F)c2)C(=O)N1CCNCCCO. The smallest absolute Gasteiger partial charge is 0.396 e. The van der Waals surface area contributed by atoms with Gasteiger partial charge in [-0.15, -0.1) is 0 Å². The molecule has 0 radical (unpaired) electrons. The van der Waals surface area contributed by atoms with Crippen LogP contribution in [0.3, 0.4) is 0 Å². The lowest BCUT2D eigenvalue weighted by Crippen LogP contribution is -2.35. The van der Waals surface area contributed by atoms with Crippen molar-refractivity contribution in [3.8, 4) is 0 Å². The normalized spacial score (nSPS) is 15.6. The van der Waals surface area contributed by atoms with Crippen molar-refractivity contribution in [1.82, 2.24) is 20.0 Å². The number of hydrogen-bond donors (Lipinski definition) is 2. The molecule has 1 aromatic heterocycles. The Balaban J connectivity index is 1.50. The largest absolute Gasteiger partial charge is 0.416 e. The number of nitrogens with zero attached hydrogens (tertiary/aromatic N) is 3. The van der Waals surface area contributed by atoms with Crippen LogP contribution in [0.4, 0.5) is 18.0 Å². The van der Waals surface area contributed by atoms with Crippen molar-refractivity contribution in [1.29, 1.82) is 0 Å². The van der Waals surface area contributed by atoms with Crippen LogP contribution in [-0.4, -0.2) is 57.2 Å². The van der Waals surface area contributed by atoms with Crippen molar-refractivity contribution in [2.45, 2.75) is 19.1 Å². The van der Waals surface area contributed by atoms with E-state index in [0.29, 0.717) is 36.0 Å². The molecule has 0 spiro atoms. The predicted octanol–water partition coefficient (Wildman–Crippen LogP) is 4.77. The fraction of sp³-hybridized carbons (Fsp3) is 0.292. The van der Waals surface area contributed by atoms with Gasteiger partial charge in [-0.2, -0.15) is 18.3 Å². The summed E-state index contributed by atoms with van der Waals surface area (Å²) in [5.41, 5.74) is 0.517. The van der Waals surface area contributed by atoms with Gasteiger partial charge in [0.05, 0.1) is 28.7 Å². The molecule has 0 bridgehead atoms. The summed E-state index contributed by atoms with van der Waals surface area (Å²) in [6.45, 7) is 1.21. The molecule has 1 fully saturated rings. The second-order valence-corrected chi connectivity index (χ2v) is 9.51. The maximum Gasteiger partial charge on any atom is 0.416 e. The molecule has 12 heteroatoms. The number of amides is 2. The highest BCUT2D eigenvalue weighted by atomic mass is 35.5. The quantitative estimate of drug-likeness (QED) is 0.302. The molecule has 190 valence electrons. The lowest BCUT2D eigenvalue weighted by atomic mass is 10.1. The average Bonchev–Trinajstić information content (AvgIpc) is 3.34. The summed E-state index contributed by atoms with van der Waals surface area (Å²) in [7, 11) is 0. The number of aliphatic hydroxyl groups excluding tert-OH is 1. The molecule has 2 heterocycles. The van der Waals surface area contributed by atoms with E-state index in [9.17, 15) is 22.8 Å². The van der Waals surface area contributed by atoms with Crippen LogP contribution in [0.1, 0.15) is 23.1 Å². The molecule has 2 aromatic carbocycles. The van der Waals surface area contributed by atoms with Crippen molar-refractivity contribution >= 4 is 51.5 Å². The van der Waals surface area contributed by atoms with Crippen LogP contribution >= 0.6 is 23.4 Å². The van der Waals surface area contributed by atoms with Crippen LogP contribution in [0, 0.1) is 0 Å². The van der Waals surface area contributed by atoms with Gasteiger partial charge in [-0.25, -0.2) is 0 Å². The summed E-state index contributed by atoms with van der Waals surface area (Å²) in [6.07, 6.45) is -0.805. The number of thioether (sulfide) groups is 1. The fourth-order valence-electron chi connectivity index (χ4n) is 3.80. The van der Waals surface area contributed by atoms with Crippen molar-refractivity contribution in [2.75, 3.05) is 26.2 Å². The number of carbonyl (C=O) groups excluding carboxylic acids is 2. The Bertz CT molecular complexity index is 1330. The molecular formula is C24H22ClF3N4O3S. The van der Waals surface area contributed by atoms with E-state index >= 15 is 0 Å². The van der Waals surface area contributed by atoms with E-state index in [1.54, 1.807) is 30.5 Å². The Morgan fingerprint density at radius 3 is 2.69 bits per heavy atom. The van der Waals surface area contributed by atoms with E-state index < -0.39 is 11.7 Å². The van der Waals surface area contributed by atoms with Gasteiger partial charge in [-0.1, -0.05) is 23.7 Å². The molecule has 0 aliphatic carbocycles. The number of imide groups is 1. The van der Waals surface area contributed by atoms with Crippen molar-refractivity contribution < 1.29 is 27.9 Å². The summed E-state index contributed by atoms with van der Waals surface area (Å²) in [5.74, 6) is -0.382. The van der Waals surface area contributed by atoms with E-state index in [4.69, 9.17) is 16.7 Å². The van der Waals surface area contributed by atoms with Crippen LogP contribution < -0.4 is 5.32 Å². The first kappa shape index (κ1) is 26.2. The van der Waals surface area contributed by atoms with Gasteiger partial charge in [-0.3, -0.25) is 19.2 Å². The number of rotatable bonds is 9. The Kier molecular flexibility index (Phi) is 8.04. The number of halogens is 4. The first-order chi connectivity index (χ1) is 17.2. The number of hydrogen-bond acceptors (Lipinski definition) is 6. The number of nitrogens with one attached hydrogen (secondary N) is 1. The summed E-state index contributed by atoms with van der Waals surface area (Å²) < 4.78 is 41.8. The van der Waals surface area contributed by atoms with Crippen LogP contribution in [0.5, 0.6) is 0 Å². The molecule has 1 aliphatic heterocycles. The van der Waals surface area contributed by atoms with E-state index in [1.807, 2.05) is 0 Å². The lowest BCUT2D eigenvalue weighted by Gasteiger charge is -2.14. The number of aromatic nitrogens is 2. The van der Waals surface area contributed by atoms with Gasteiger partial charge in [-0.05, 0) is 66.2 Å². The van der Waals surface area contributed by atoms with Gasteiger partial charge in [0.1, 0.15) is 0 Å². The Hall–Kier alpha value is -2.86. The van der Waals surface area contributed by atoms with Gasteiger partial charge < -0.3 is 10.4 Å². The number of aliphatic hydroxyl groups is 1. The average molecular weight is 539 g/mol. The molecule has 1 aliphatic rings. The minimum Gasteiger partial charge on any atom is -0.396 e. The van der Waals surface area contributed by atoms with E-state index in [1.165, 1.54) is 21.7 Å².